The maximum atomic E-state index is 15.3. The van der Waals surface area contributed by atoms with Crippen molar-refractivity contribution in [3.05, 3.63) is 61.3 Å². The Kier molecular flexibility index (Phi) is 8.21. The van der Waals surface area contributed by atoms with Gasteiger partial charge in [-0.1, -0.05) is 78.2 Å². The Morgan fingerprint density at radius 3 is 2.44 bits per heavy atom. The molecule has 262 valence electrons. The summed E-state index contributed by atoms with van der Waals surface area (Å²) in [4.78, 5) is 26.0. The number of allylic oxidation sites excluding steroid dienone is 5. The van der Waals surface area contributed by atoms with Gasteiger partial charge in [-0.2, -0.15) is 0 Å². The van der Waals surface area contributed by atoms with Crippen LogP contribution in [-0.2, 0) is 4.79 Å². The van der Waals surface area contributed by atoms with Crippen LogP contribution in [0.15, 0.2) is 49.7 Å². The quantitative estimate of drug-likeness (QED) is 0.237. The molecule has 5 heteroatoms. The Morgan fingerprint density at radius 2 is 1.73 bits per heavy atom. The molecular formula is C43H63N3O2. The molecule has 0 spiro atoms. The number of fused-ring (bicyclic) bond motifs is 7. The number of H-pyrrole nitrogens is 1. The normalized spacial score (nSPS) is 45.0. The van der Waals surface area contributed by atoms with Crippen LogP contribution in [0.5, 0.6) is 0 Å². The van der Waals surface area contributed by atoms with Crippen LogP contribution in [0.4, 0.5) is 0 Å². The zero-order chi connectivity index (χ0) is 34.4. The zero-order valence-electron chi connectivity index (χ0n) is 30.9. The van der Waals surface area contributed by atoms with E-state index < -0.39 is 0 Å². The van der Waals surface area contributed by atoms with Crippen LogP contribution in [0.3, 0.4) is 0 Å². The van der Waals surface area contributed by atoms with Gasteiger partial charge in [-0.25, -0.2) is 4.98 Å². The van der Waals surface area contributed by atoms with Gasteiger partial charge in [-0.15, -0.1) is 0 Å². The molecule has 11 atom stereocenters. The van der Waals surface area contributed by atoms with Gasteiger partial charge >= 0.3 is 0 Å². The van der Waals surface area contributed by atoms with Gasteiger partial charge in [0, 0.05) is 6.54 Å². The highest BCUT2D eigenvalue weighted by atomic mass is 16.3. The molecule has 7 rings (SSSR count). The van der Waals surface area contributed by atoms with Gasteiger partial charge in [-0.05, 0) is 141 Å². The number of aliphatic hydroxyl groups is 1. The second kappa shape index (κ2) is 11.6. The van der Waals surface area contributed by atoms with E-state index in [9.17, 15) is 5.11 Å². The van der Waals surface area contributed by atoms with Crippen LogP contribution in [0.1, 0.15) is 136 Å². The molecule has 1 amide bonds. The summed E-state index contributed by atoms with van der Waals surface area (Å²) in [5.74, 6) is 3.81. The zero-order valence-corrected chi connectivity index (χ0v) is 30.9. The van der Waals surface area contributed by atoms with Gasteiger partial charge < -0.3 is 15.0 Å². The van der Waals surface area contributed by atoms with Crippen LogP contribution in [0.25, 0.3) is 5.57 Å². The molecule has 1 aromatic heterocycles. The Balaban J connectivity index is 1.22. The molecular weight excluding hydrogens is 590 g/mol. The highest BCUT2D eigenvalue weighted by molar-refractivity contribution is 5.84. The van der Waals surface area contributed by atoms with E-state index in [1.807, 2.05) is 18.3 Å². The molecule has 5 nitrogen and oxygen atoms in total. The Hall–Kier alpha value is -2.40. The summed E-state index contributed by atoms with van der Waals surface area (Å²) in [5, 5.41) is 11.1. The number of nitrogens with zero attached hydrogens (tertiary/aromatic N) is 2. The Morgan fingerprint density at radius 1 is 0.958 bits per heavy atom. The van der Waals surface area contributed by atoms with Gasteiger partial charge in [0.05, 0.1) is 29.5 Å². The van der Waals surface area contributed by atoms with Crippen LogP contribution >= 0.6 is 0 Å². The van der Waals surface area contributed by atoms with E-state index in [1.54, 1.807) is 6.08 Å². The van der Waals surface area contributed by atoms with Crippen LogP contribution in [0.2, 0.25) is 0 Å². The number of aliphatic hydroxyl groups excluding tert-OH is 1. The van der Waals surface area contributed by atoms with Gasteiger partial charge in [0.15, 0.2) is 0 Å². The standard InChI is InChI=1S/C43H63N3O2/c1-10-13-28(11-2)31-26-44-37(45-31)32-14-12-25-46(32)38(48)43-22-17-29(27(3)4)36(43)30-15-16-34-40(7)20-19-35(47)39(5,6)33(40)18-21-42(34,9)41(30,8)23-24-43/h10-11,13,26,29-30,32-36,47H,1-3,12,14-25H2,4-9H3,(H,44,45)/b28-13+/t29-,30+,32-,33-,34+,35-,36+,40-,41+,42+,43-/m0/s1. The minimum Gasteiger partial charge on any atom is -0.393 e. The molecule has 0 radical (unpaired) electrons. The molecule has 6 fully saturated rings. The predicted molar refractivity (Wildman–Crippen MR) is 196 cm³/mol. The fraction of sp³-hybridized carbons (Fsp3) is 0.721. The summed E-state index contributed by atoms with van der Waals surface area (Å²) in [5.41, 5.74) is 3.50. The summed E-state index contributed by atoms with van der Waals surface area (Å²) in [6.07, 6.45) is 20.4. The summed E-state index contributed by atoms with van der Waals surface area (Å²) < 4.78 is 0. The Bertz CT molecular complexity index is 1520. The number of carbonyl (C=O) groups excluding carboxylic acids is 1. The minimum absolute atomic E-state index is 0.0123. The first-order valence-corrected chi connectivity index (χ1v) is 19.3. The maximum absolute atomic E-state index is 15.3. The number of rotatable bonds is 6. The van der Waals surface area contributed by atoms with Crippen molar-refractivity contribution in [1.82, 2.24) is 14.9 Å². The van der Waals surface area contributed by atoms with E-state index in [-0.39, 0.29) is 39.2 Å². The number of imidazole rings is 1. The number of aromatic nitrogens is 2. The second-order valence-electron chi connectivity index (χ2n) is 18.6. The third kappa shape index (κ3) is 4.50. The molecule has 1 saturated heterocycles. The molecule has 0 aromatic carbocycles. The number of likely N-dealkylation sites (tertiary alicyclic amines) is 1. The molecule has 1 aliphatic heterocycles. The predicted octanol–water partition coefficient (Wildman–Crippen LogP) is 9.85. The van der Waals surface area contributed by atoms with E-state index >= 15 is 4.79 Å². The van der Waals surface area contributed by atoms with Crippen molar-refractivity contribution in [1.29, 1.82) is 0 Å². The second-order valence-corrected chi connectivity index (χ2v) is 18.6. The van der Waals surface area contributed by atoms with Crippen molar-refractivity contribution < 1.29 is 9.90 Å². The van der Waals surface area contributed by atoms with Gasteiger partial charge in [0.2, 0.25) is 5.91 Å². The topological polar surface area (TPSA) is 69.2 Å². The van der Waals surface area contributed by atoms with Gasteiger partial charge in [-0.3, -0.25) is 4.79 Å². The SMILES string of the molecule is C=C/C=C(\C=C)c1cnc([C@@H]2CCCN2C(=O)[C@]23CC[C@@H](C(=C)C)[C@@H]2[C@H]2CC[C@@H]4[C@@]5(C)CC[C@H](O)C(C)(C)[C@@H]5CC[C@@]4(C)[C@]2(C)CC3)[nH]1. The summed E-state index contributed by atoms with van der Waals surface area (Å²) in [6, 6.07) is -0.0123. The highest BCUT2D eigenvalue weighted by Crippen LogP contribution is 2.77. The molecule has 6 aliphatic rings. The van der Waals surface area contributed by atoms with Crippen LogP contribution < -0.4 is 0 Å². The van der Waals surface area contributed by atoms with E-state index in [4.69, 9.17) is 4.98 Å². The van der Waals surface area contributed by atoms with Crippen LogP contribution in [0, 0.1) is 56.7 Å². The number of aromatic amines is 1. The van der Waals surface area contributed by atoms with Crippen molar-refractivity contribution in [3.63, 3.8) is 0 Å². The molecule has 1 aromatic rings. The molecule has 2 heterocycles. The van der Waals surface area contributed by atoms with E-state index in [1.165, 1.54) is 31.3 Å². The third-order valence-electron chi connectivity index (χ3n) is 16.7. The summed E-state index contributed by atoms with van der Waals surface area (Å²) in [6.45, 7) is 28.1. The van der Waals surface area contributed by atoms with E-state index in [0.717, 1.165) is 75.0 Å². The first kappa shape index (κ1) is 34.1. The molecule has 2 N–H and O–H groups in total. The minimum atomic E-state index is -0.317. The molecule has 0 bridgehead atoms. The van der Waals surface area contributed by atoms with Crippen molar-refractivity contribution in [2.75, 3.05) is 6.54 Å². The highest BCUT2D eigenvalue weighted by Gasteiger charge is 2.72. The lowest BCUT2D eigenvalue weighted by Gasteiger charge is -2.73. The van der Waals surface area contributed by atoms with Gasteiger partial charge in [0.25, 0.3) is 0 Å². The molecule has 0 unspecified atom stereocenters. The number of hydrogen-bond donors (Lipinski definition) is 2. The van der Waals surface area contributed by atoms with Crippen molar-refractivity contribution in [2.24, 2.45) is 56.7 Å². The fourth-order valence-electron chi connectivity index (χ4n) is 14.1. The molecule has 5 aliphatic carbocycles. The first-order chi connectivity index (χ1) is 22.7. The number of carbonyl (C=O) groups is 1. The summed E-state index contributed by atoms with van der Waals surface area (Å²) in [7, 11) is 0. The van der Waals surface area contributed by atoms with Crippen molar-refractivity contribution in [3.8, 4) is 0 Å². The van der Waals surface area contributed by atoms with Crippen LogP contribution in [-0.4, -0.2) is 38.5 Å². The van der Waals surface area contributed by atoms with Crippen molar-refractivity contribution >= 4 is 11.5 Å². The van der Waals surface area contributed by atoms with E-state index in [0.29, 0.717) is 35.5 Å². The Labute approximate surface area is 290 Å². The number of nitrogens with one attached hydrogen (secondary N) is 1. The average Bonchev–Trinajstić information content (AvgIpc) is 3.81. The van der Waals surface area contributed by atoms with Gasteiger partial charge in [0.1, 0.15) is 5.82 Å². The molecule has 48 heavy (non-hydrogen) atoms. The lowest BCUT2D eigenvalue weighted by atomic mass is 9.32. The maximum Gasteiger partial charge on any atom is 0.229 e. The van der Waals surface area contributed by atoms with Crippen molar-refractivity contribution in [2.45, 2.75) is 131 Å². The lowest BCUT2D eigenvalue weighted by Crippen LogP contribution is -2.67. The largest absolute Gasteiger partial charge is 0.393 e. The average molecular weight is 654 g/mol. The smallest absolute Gasteiger partial charge is 0.229 e. The first-order valence-electron chi connectivity index (χ1n) is 19.3. The lowest BCUT2D eigenvalue weighted by molar-refractivity contribution is -0.247. The third-order valence-corrected chi connectivity index (χ3v) is 16.7. The monoisotopic (exact) mass is 653 g/mol. The van der Waals surface area contributed by atoms with E-state index in [2.05, 4.69) is 71.2 Å². The number of hydrogen-bond acceptors (Lipinski definition) is 3. The molecule has 5 saturated carbocycles. The fourth-order valence-corrected chi connectivity index (χ4v) is 14.1. The number of amides is 1. The summed E-state index contributed by atoms with van der Waals surface area (Å²) >= 11 is 0.